The lowest BCUT2D eigenvalue weighted by Crippen LogP contribution is -2.31. The van der Waals surface area contributed by atoms with Gasteiger partial charge in [-0.2, -0.15) is 0 Å². The van der Waals surface area contributed by atoms with E-state index in [2.05, 4.69) is 10.6 Å². The van der Waals surface area contributed by atoms with Gasteiger partial charge in [0.2, 0.25) is 5.91 Å². The Balaban J connectivity index is 1.46. The van der Waals surface area contributed by atoms with E-state index in [1.54, 1.807) is 36.4 Å². The fraction of sp³-hybridized carbons (Fsp3) is 0.300. The number of rotatable bonds is 5. The molecule has 2 aromatic rings. The van der Waals surface area contributed by atoms with Crippen molar-refractivity contribution in [2.24, 2.45) is 0 Å². The molecule has 1 aliphatic heterocycles. The highest BCUT2D eigenvalue weighted by Gasteiger charge is 2.32. The highest BCUT2D eigenvalue weighted by atomic mass is 35.5. The average Bonchev–Trinajstić information content (AvgIpc) is 3.02. The Hall–Kier alpha value is -2.61. The maximum Gasteiger partial charge on any atom is 0.319 e. The van der Waals surface area contributed by atoms with Gasteiger partial charge in [-0.25, -0.2) is 4.79 Å². The van der Waals surface area contributed by atoms with Crippen LogP contribution in [-0.4, -0.2) is 52.3 Å². The van der Waals surface area contributed by atoms with Crippen LogP contribution >= 0.6 is 11.6 Å². The molecule has 0 aromatic heterocycles. The molecule has 3 amide bonds. The van der Waals surface area contributed by atoms with E-state index in [1.807, 2.05) is 12.1 Å². The van der Waals surface area contributed by atoms with Crippen molar-refractivity contribution in [3.05, 3.63) is 64.7 Å². The highest BCUT2D eigenvalue weighted by Crippen LogP contribution is 2.15. The molecule has 1 aliphatic rings. The number of carbonyl (C=O) groups is 2. The van der Waals surface area contributed by atoms with Crippen LogP contribution in [0.5, 0.6) is 0 Å². The number of urea groups is 1. The smallest absolute Gasteiger partial charge is 0.319 e. The van der Waals surface area contributed by atoms with Gasteiger partial charge in [0.1, 0.15) is 0 Å². The van der Waals surface area contributed by atoms with E-state index in [0.29, 0.717) is 17.3 Å². The van der Waals surface area contributed by atoms with E-state index in [0.717, 1.165) is 11.1 Å². The van der Waals surface area contributed by atoms with Gasteiger partial charge in [-0.3, -0.25) is 4.79 Å². The summed E-state index contributed by atoms with van der Waals surface area (Å²) >= 11 is 5.83. The minimum atomic E-state index is -0.887. The van der Waals surface area contributed by atoms with E-state index >= 15 is 0 Å². The molecule has 28 heavy (non-hydrogen) atoms. The molecule has 0 saturated carbocycles. The van der Waals surface area contributed by atoms with Crippen molar-refractivity contribution in [1.82, 2.24) is 10.2 Å². The van der Waals surface area contributed by atoms with Crippen LogP contribution in [0.3, 0.4) is 0 Å². The quantitative estimate of drug-likeness (QED) is 0.611. The third-order valence-corrected chi connectivity index (χ3v) is 4.80. The molecular weight excluding hydrogens is 382 g/mol. The summed E-state index contributed by atoms with van der Waals surface area (Å²) in [6.07, 6.45) is -1.61. The Morgan fingerprint density at radius 3 is 2.14 bits per heavy atom. The van der Waals surface area contributed by atoms with Gasteiger partial charge in [0.15, 0.2) is 0 Å². The molecule has 1 saturated heterocycles. The number of carbonyl (C=O) groups excluding carboxylic acids is 2. The second-order valence-electron chi connectivity index (χ2n) is 6.74. The summed E-state index contributed by atoms with van der Waals surface area (Å²) in [5.74, 6) is -0.156. The SMILES string of the molecule is O=C(NCc1ccc(Cl)cc1)Nc1ccc(CC(=O)N2C[C@@H](O)[C@@H](O)C2)cc1. The van der Waals surface area contributed by atoms with Crippen LogP contribution in [0.4, 0.5) is 10.5 Å². The number of β-amino-alcohol motifs (C(OH)–C–C–N with tert-alkyl or cyclic N) is 2. The third-order valence-electron chi connectivity index (χ3n) is 4.55. The fourth-order valence-corrected chi connectivity index (χ4v) is 3.05. The van der Waals surface area contributed by atoms with Gasteiger partial charge in [-0.05, 0) is 35.4 Å². The topological polar surface area (TPSA) is 102 Å². The standard InChI is InChI=1S/C20H22ClN3O4/c21-15-5-1-14(2-6-15)10-22-20(28)23-16-7-3-13(4-8-16)9-19(27)24-11-17(25)18(26)12-24/h1-8,17-18,25-26H,9-12H2,(H2,22,23,28)/t17-,18+. The van der Waals surface area contributed by atoms with Crippen molar-refractivity contribution in [2.75, 3.05) is 18.4 Å². The summed E-state index contributed by atoms with van der Waals surface area (Å²) in [5.41, 5.74) is 2.33. The predicted octanol–water partition coefficient (Wildman–Crippen LogP) is 1.77. The van der Waals surface area contributed by atoms with Crippen LogP contribution in [0, 0.1) is 0 Å². The van der Waals surface area contributed by atoms with E-state index in [1.165, 1.54) is 4.90 Å². The molecule has 0 radical (unpaired) electrons. The number of hydrogen-bond acceptors (Lipinski definition) is 4. The third kappa shape index (κ3) is 5.45. The number of anilines is 1. The molecule has 1 fully saturated rings. The van der Waals surface area contributed by atoms with Crippen molar-refractivity contribution < 1.29 is 19.8 Å². The zero-order valence-corrected chi connectivity index (χ0v) is 15.9. The lowest BCUT2D eigenvalue weighted by molar-refractivity contribution is -0.129. The Labute approximate surface area is 167 Å². The number of amides is 3. The van der Waals surface area contributed by atoms with Crippen molar-refractivity contribution in [3.63, 3.8) is 0 Å². The largest absolute Gasteiger partial charge is 0.388 e. The van der Waals surface area contributed by atoms with Gasteiger partial charge in [0, 0.05) is 30.3 Å². The molecule has 8 heteroatoms. The van der Waals surface area contributed by atoms with Gasteiger partial charge < -0.3 is 25.7 Å². The zero-order chi connectivity index (χ0) is 20.1. The van der Waals surface area contributed by atoms with Crippen molar-refractivity contribution >= 4 is 29.2 Å². The molecule has 4 N–H and O–H groups in total. The Morgan fingerprint density at radius 2 is 1.54 bits per heavy atom. The van der Waals surface area contributed by atoms with Gasteiger partial charge in [0.25, 0.3) is 0 Å². The molecule has 0 unspecified atom stereocenters. The minimum absolute atomic E-state index is 0.146. The normalized spacial score (nSPS) is 18.8. The molecule has 0 spiro atoms. The molecule has 3 rings (SSSR count). The number of aliphatic hydroxyl groups excluding tert-OH is 2. The zero-order valence-electron chi connectivity index (χ0n) is 15.1. The maximum absolute atomic E-state index is 12.2. The van der Waals surface area contributed by atoms with E-state index in [4.69, 9.17) is 11.6 Å². The van der Waals surface area contributed by atoms with E-state index in [9.17, 15) is 19.8 Å². The van der Waals surface area contributed by atoms with Crippen molar-refractivity contribution in [3.8, 4) is 0 Å². The molecule has 2 aromatic carbocycles. The second-order valence-corrected chi connectivity index (χ2v) is 7.18. The Morgan fingerprint density at radius 1 is 0.964 bits per heavy atom. The van der Waals surface area contributed by atoms with Crippen LogP contribution in [0.25, 0.3) is 0 Å². The predicted molar refractivity (Wildman–Crippen MR) is 106 cm³/mol. The van der Waals surface area contributed by atoms with Crippen LogP contribution in [0.15, 0.2) is 48.5 Å². The molecule has 0 bridgehead atoms. The molecule has 0 aliphatic carbocycles. The first kappa shape index (κ1) is 20.1. The Bertz CT molecular complexity index is 816. The second kappa shape index (κ2) is 9.05. The summed E-state index contributed by atoms with van der Waals surface area (Å²) in [6.45, 7) is 0.671. The first-order valence-corrected chi connectivity index (χ1v) is 9.30. The number of hydrogen-bond donors (Lipinski definition) is 4. The van der Waals surface area contributed by atoms with Gasteiger partial charge in [-0.15, -0.1) is 0 Å². The number of nitrogens with one attached hydrogen (secondary N) is 2. The lowest BCUT2D eigenvalue weighted by atomic mass is 10.1. The highest BCUT2D eigenvalue weighted by molar-refractivity contribution is 6.30. The summed E-state index contributed by atoms with van der Waals surface area (Å²) < 4.78 is 0. The molecule has 1 heterocycles. The number of benzene rings is 2. The average molecular weight is 404 g/mol. The van der Waals surface area contributed by atoms with Crippen LogP contribution in [-0.2, 0) is 17.8 Å². The first-order chi connectivity index (χ1) is 13.4. The van der Waals surface area contributed by atoms with Crippen molar-refractivity contribution in [1.29, 1.82) is 0 Å². The lowest BCUT2D eigenvalue weighted by Gasteiger charge is -2.15. The van der Waals surface area contributed by atoms with Gasteiger partial charge in [-0.1, -0.05) is 35.9 Å². The Kier molecular flexibility index (Phi) is 6.51. The van der Waals surface area contributed by atoms with Crippen LogP contribution in [0.1, 0.15) is 11.1 Å². The maximum atomic E-state index is 12.2. The number of likely N-dealkylation sites (tertiary alicyclic amines) is 1. The summed E-state index contributed by atoms with van der Waals surface area (Å²) in [6, 6.07) is 13.8. The van der Waals surface area contributed by atoms with Gasteiger partial charge >= 0.3 is 6.03 Å². The summed E-state index contributed by atoms with van der Waals surface area (Å²) in [7, 11) is 0. The molecule has 148 valence electrons. The van der Waals surface area contributed by atoms with E-state index < -0.39 is 12.2 Å². The summed E-state index contributed by atoms with van der Waals surface area (Å²) in [4.78, 5) is 25.7. The molecule has 7 nitrogen and oxygen atoms in total. The van der Waals surface area contributed by atoms with Crippen LogP contribution in [0.2, 0.25) is 5.02 Å². The van der Waals surface area contributed by atoms with Crippen molar-refractivity contribution in [2.45, 2.75) is 25.2 Å². The fourth-order valence-electron chi connectivity index (χ4n) is 2.93. The number of aliphatic hydroxyl groups is 2. The molecular formula is C20H22ClN3O4. The van der Waals surface area contributed by atoms with Crippen LogP contribution < -0.4 is 10.6 Å². The molecule has 2 atom stereocenters. The monoisotopic (exact) mass is 403 g/mol. The number of nitrogens with zero attached hydrogens (tertiary/aromatic N) is 1. The summed E-state index contributed by atoms with van der Waals surface area (Å²) in [5, 5.41) is 25.2. The number of halogens is 1. The van der Waals surface area contributed by atoms with Gasteiger partial charge in [0.05, 0.1) is 18.6 Å². The minimum Gasteiger partial charge on any atom is -0.388 e. The van der Waals surface area contributed by atoms with E-state index in [-0.39, 0.29) is 31.4 Å². The first-order valence-electron chi connectivity index (χ1n) is 8.93.